The number of nitrogens with zero attached hydrogens (tertiary/aromatic N) is 2. The molecule has 7 rings (SSSR count). The summed E-state index contributed by atoms with van der Waals surface area (Å²) in [4.78, 5) is 0. The third-order valence-electron chi connectivity index (χ3n) is 11.1. The van der Waals surface area contributed by atoms with Crippen molar-refractivity contribution in [3.8, 4) is 0 Å². The zero-order chi connectivity index (χ0) is 45.4. The molecule has 0 bridgehead atoms. The van der Waals surface area contributed by atoms with Crippen LogP contribution in [0, 0.1) is 0 Å². The summed E-state index contributed by atoms with van der Waals surface area (Å²) in [6.45, 7) is 20.3. The third kappa shape index (κ3) is 12.9. The van der Waals surface area contributed by atoms with Crippen LogP contribution in [-0.4, -0.2) is 0 Å². The molecular weight excluding hydrogens is 916 g/mol. The number of allylic oxidation sites excluding steroid dienone is 1. The van der Waals surface area contributed by atoms with E-state index in [2.05, 4.69) is 284 Å². The molecule has 0 radical (unpaired) electrons. The number of para-hydroxylation sites is 1. The molecule has 2 nitrogen and oxygen atoms in total. The fourth-order valence-corrected chi connectivity index (χ4v) is 13.8. The first-order chi connectivity index (χ1) is 30.5. The first-order valence-electron chi connectivity index (χ1n) is 22.0. The number of hydrogen-bond donors (Lipinski definition) is 0. The summed E-state index contributed by atoms with van der Waals surface area (Å²) in [5.41, 5.74) is 8.44. The Kier molecular flexibility index (Phi) is 19.5. The fourth-order valence-electron chi connectivity index (χ4n) is 7.97. The van der Waals surface area contributed by atoms with E-state index in [0.717, 1.165) is 17.1 Å². The maximum Gasteiger partial charge on any atom is 0.102 e. The van der Waals surface area contributed by atoms with Gasteiger partial charge in [-0.2, -0.15) is 5.70 Å². The van der Waals surface area contributed by atoms with Gasteiger partial charge < -0.3 is 5.32 Å². The van der Waals surface area contributed by atoms with Crippen molar-refractivity contribution in [3.05, 3.63) is 227 Å². The Labute approximate surface area is 395 Å². The van der Waals surface area contributed by atoms with Gasteiger partial charge in [-0.3, -0.25) is 4.74 Å². The zero-order valence-corrected chi connectivity index (χ0v) is 42.5. The molecule has 7 aromatic carbocycles. The normalized spacial score (nSPS) is 11.6. The largest absolute Gasteiger partial charge is 0.102 e. The van der Waals surface area contributed by atoms with Gasteiger partial charge in [0.15, 0.2) is 0 Å². The van der Waals surface area contributed by atoms with Gasteiger partial charge >= 0.3 is 27.7 Å². The van der Waals surface area contributed by atoms with Gasteiger partial charge in [0.2, 0.25) is 0 Å². The van der Waals surface area contributed by atoms with Gasteiger partial charge in [-0.1, -0.05) is 231 Å². The summed E-state index contributed by atoms with van der Waals surface area (Å²) in [5, 5.41) is 12.2. The van der Waals surface area contributed by atoms with E-state index in [1.54, 1.807) is 0 Å². The molecule has 0 spiro atoms. The van der Waals surface area contributed by atoms with Crippen molar-refractivity contribution in [2.45, 2.75) is 86.0 Å². The van der Waals surface area contributed by atoms with Crippen molar-refractivity contribution >= 4 is 62.4 Å². The molecule has 0 aliphatic carbocycles. The third-order valence-corrected chi connectivity index (χ3v) is 17.3. The number of halogens is 1. The molecule has 0 atom stereocenters. The average Bonchev–Trinajstić information content (AvgIpc) is 3.31. The van der Waals surface area contributed by atoms with Crippen LogP contribution in [0.15, 0.2) is 204 Å². The first-order valence-corrected chi connectivity index (χ1v) is 27.4. The molecule has 0 heterocycles. The van der Waals surface area contributed by atoms with Crippen LogP contribution in [0.4, 0.5) is 11.4 Å². The Morgan fingerprint density at radius 2 is 0.762 bits per heavy atom. The second-order valence-corrected chi connectivity index (χ2v) is 22.3. The minimum Gasteiger partial charge on any atom is -0.0620 e. The van der Waals surface area contributed by atoms with Crippen molar-refractivity contribution in [1.82, 2.24) is 0 Å². The molecule has 0 fully saturated rings. The van der Waals surface area contributed by atoms with Gasteiger partial charge in [-0.25, -0.2) is 0 Å². The average molecular weight is 981 g/mol. The SMILES string of the molecule is C/C(=C/P(=Nc1c(C(C)C)cccc1C(C)C)(c1ccccc1)c1ccccc1)[N-]c1c(C(C)C)cccc1C(C)C.[Cl][Pd+].c1ccc([PH+](c2ccccc2)c2ccccc2)cc1. The van der Waals surface area contributed by atoms with E-state index in [4.69, 9.17) is 10.1 Å². The molecule has 0 amide bonds. The first kappa shape index (κ1) is 49.7. The molecule has 0 N–H and O–H groups in total. The summed E-state index contributed by atoms with van der Waals surface area (Å²) in [7, 11) is 1.15. The van der Waals surface area contributed by atoms with E-state index in [0.29, 0.717) is 23.7 Å². The van der Waals surface area contributed by atoms with Crippen LogP contribution in [0.2, 0.25) is 0 Å². The summed E-state index contributed by atoms with van der Waals surface area (Å²) >= 11 is 2.22. The van der Waals surface area contributed by atoms with Crippen molar-refractivity contribution in [2.75, 3.05) is 0 Å². The van der Waals surface area contributed by atoms with E-state index in [9.17, 15) is 0 Å². The Bertz CT molecular complexity index is 2330. The fraction of sp³-hybridized carbons (Fsp3) is 0.228. The van der Waals surface area contributed by atoms with E-state index in [1.165, 1.54) is 48.8 Å². The number of benzene rings is 7. The molecule has 328 valence electrons. The summed E-state index contributed by atoms with van der Waals surface area (Å²) in [6, 6.07) is 67.6. The molecule has 6 heteroatoms. The standard InChI is InChI=1S/C39H48N2P.C18H15P.ClH.Pd/c1-27(2)34-22-16-23-35(28(3)4)38(34)40-31(9)26-42(32-18-12-10-13-19-32,33-20-14-11-15-21-33)41-39-36(29(5)6)24-17-25-37(39)30(7)8;1-4-10-16(11-5-1)19(17-12-6-2-7-13-17)18-14-8-3-9-15-18;;/h10-30H,1-9H3;1-15H;1H;/q-1;;;+2/b31-26-;;;. The summed E-state index contributed by atoms with van der Waals surface area (Å²) in [5.74, 6) is 3.89. The van der Waals surface area contributed by atoms with Crippen molar-refractivity contribution in [3.63, 3.8) is 0 Å². The minimum atomic E-state index is -2.46. The van der Waals surface area contributed by atoms with Crippen LogP contribution in [0.25, 0.3) is 5.32 Å². The predicted molar refractivity (Wildman–Crippen MR) is 280 cm³/mol. The topological polar surface area (TPSA) is 26.5 Å². The second kappa shape index (κ2) is 24.7. The Balaban J connectivity index is 0.000000294. The molecule has 0 saturated heterocycles. The Morgan fingerprint density at radius 1 is 0.460 bits per heavy atom. The van der Waals surface area contributed by atoms with Crippen LogP contribution >= 0.6 is 24.5 Å². The van der Waals surface area contributed by atoms with E-state index in [1.807, 2.05) is 0 Å². The van der Waals surface area contributed by atoms with E-state index < -0.39 is 15.0 Å². The Morgan fingerprint density at radius 3 is 1.08 bits per heavy atom. The van der Waals surface area contributed by atoms with Gasteiger partial charge in [0, 0.05) is 0 Å². The molecular formula is C57H64ClN2P2Pd+. The predicted octanol–water partition coefficient (Wildman–Crippen LogP) is 16.1. The number of hydrogen-bond acceptors (Lipinski definition) is 1. The van der Waals surface area contributed by atoms with Gasteiger partial charge in [0.05, 0.1) is 20.7 Å². The van der Waals surface area contributed by atoms with Crippen LogP contribution in [-0.2, 0) is 18.2 Å². The zero-order valence-electron chi connectivity index (χ0n) is 38.3. The molecule has 0 saturated carbocycles. The van der Waals surface area contributed by atoms with Crippen molar-refractivity contribution < 1.29 is 18.2 Å². The molecule has 0 aliphatic rings. The van der Waals surface area contributed by atoms with Gasteiger partial charge in [-0.15, -0.1) is 5.69 Å². The maximum absolute atomic E-state index is 5.94. The molecule has 0 aromatic heterocycles. The van der Waals surface area contributed by atoms with Crippen LogP contribution in [0.3, 0.4) is 0 Å². The molecule has 0 unspecified atom stereocenters. The monoisotopic (exact) mass is 979 g/mol. The summed E-state index contributed by atoms with van der Waals surface area (Å²) in [6.07, 6.45) is 0. The smallest absolute Gasteiger partial charge is 0.0620 e. The van der Waals surface area contributed by atoms with Gasteiger partial charge in [0.1, 0.15) is 15.9 Å². The van der Waals surface area contributed by atoms with Crippen LogP contribution in [0.5, 0.6) is 0 Å². The van der Waals surface area contributed by atoms with Gasteiger partial charge in [-0.05, 0) is 81.8 Å². The molecule has 63 heavy (non-hydrogen) atoms. The summed E-state index contributed by atoms with van der Waals surface area (Å²) < 4.78 is 5.94. The van der Waals surface area contributed by atoms with E-state index in [-0.39, 0.29) is 0 Å². The molecule has 7 aromatic rings. The van der Waals surface area contributed by atoms with Crippen molar-refractivity contribution in [1.29, 1.82) is 0 Å². The molecule has 0 aliphatic heterocycles. The van der Waals surface area contributed by atoms with Crippen LogP contribution in [0.1, 0.15) is 108 Å². The minimum absolute atomic E-state index is 0.358. The van der Waals surface area contributed by atoms with Crippen molar-refractivity contribution in [2.24, 2.45) is 4.74 Å². The Hall–Kier alpha value is -4.31. The maximum atomic E-state index is 5.94. The number of rotatable bonds is 13. The second-order valence-electron chi connectivity index (χ2n) is 17.0. The quantitative estimate of drug-likeness (QED) is 0.0813. The van der Waals surface area contributed by atoms with E-state index >= 15 is 0 Å². The van der Waals surface area contributed by atoms with Gasteiger partial charge in [0.25, 0.3) is 0 Å². The van der Waals surface area contributed by atoms with Crippen LogP contribution < -0.4 is 26.5 Å².